The second kappa shape index (κ2) is 8.96. The number of pyridine rings is 1. The summed E-state index contributed by atoms with van der Waals surface area (Å²) >= 11 is 0. The number of piperazine rings is 1. The summed E-state index contributed by atoms with van der Waals surface area (Å²) in [5.74, 6) is 1.94. The van der Waals surface area contributed by atoms with Crippen molar-refractivity contribution in [3.05, 3.63) is 41.6 Å². The number of anilines is 3. The number of rotatable bonds is 2. The van der Waals surface area contributed by atoms with Crippen LogP contribution in [0, 0.1) is 13.8 Å². The molecule has 190 valence electrons. The van der Waals surface area contributed by atoms with Gasteiger partial charge in [-0.25, -0.2) is 24.5 Å². The molecule has 5 heterocycles. The van der Waals surface area contributed by atoms with E-state index in [1.165, 1.54) is 0 Å². The van der Waals surface area contributed by atoms with Gasteiger partial charge in [-0.3, -0.25) is 14.6 Å². The third-order valence-corrected chi connectivity index (χ3v) is 6.36. The first-order chi connectivity index (χ1) is 17.1. The Bertz CT molecular complexity index is 1320. The molecule has 5 rings (SSSR count). The smallest absolute Gasteiger partial charge is 0.410 e. The zero-order valence-electron chi connectivity index (χ0n) is 21.4. The molecule has 0 atom stereocenters. The first-order valence-corrected chi connectivity index (χ1v) is 12.2. The molecule has 2 aliphatic rings. The fourth-order valence-electron chi connectivity index (χ4n) is 4.74. The Hall–Kier alpha value is -3.89. The summed E-state index contributed by atoms with van der Waals surface area (Å²) in [4.78, 5) is 44.7. The Morgan fingerprint density at radius 3 is 2.53 bits per heavy atom. The maximum Gasteiger partial charge on any atom is 0.410 e. The highest BCUT2D eigenvalue weighted by molar-refractivity contribution is 6.02. The number of carbonyl (C=O) groups excluding carboxylic acids is 2. The number of urea groups is 1. The van der Waals surface area contributed by atoms with E-state index in [0.717, 1.165) is 28.4 Å². The first-order valence-electron chi connectivity index (χ1n) is 12.2. The SMILES string of the molecule is Cc1cc2nc(NC(=O)N3CCc4c(N5CCN(C(=O)OC(C)(C)C)CC5)ccnc43)cn2c(C)n1. The van der Waals surface area contributed by atoms with Gasteiger partial charge in [-0.15, -0.1) is 0 Å². The molecule has 2 aliphatic heterocycles. The van der Waals surface area contributed by atoms with Crippen LogP contribution in [0.25, 0.3) is 5.65 Å². The molecule has 3 aromatic rings. The van der Waals surface area contributed by atoms with E-state index in [-0.39, 0.29) is 12.1 Å². The summed E-state index contributed by atoms with van der Waals surface area (Å²) < 4.78 is 7.37. The number of aromatic nitrogens is 4. The summed E-state index contributed by atoms with van der Waals surface area (Å²) in [6.45, 7) is 12.5. The minimum absolute atomic E-state index is 0.265. The maximum atomic E-state index is 13.2. The topological polar surface area (TPSA) is 108 Å². The normalized spacial score (nSPS) is 15.9. The number of hydrogen-bond acceptors (Lipinski definition) is 7. The zero-order valence-corrected chi connectivity index (χ0v) is 21.4. The molecule has 1 fully saturated rings. The molecular formula is C25H32N8O3. The van der Waals surface area contributed by atoms with E-state index in [1.807, 2.05) is 51.2 Å². The second-order valence-electron chi connectivity index (χ2n) is 10.2. The molecule has 0 bridgehead atoms. The van der Waals surface area contributed by atoms with Gasteiger partial charge in [0.05, 0.1) is 6.20 Å². The van der Waals surface area contributed by atoms with E-state index in [1.54, 1.807) is 22.2 Å². The number of ether oxygens (including phenoxy) is 1. The van der Waals surface area contributed by atoms with Crippen LogP contribution in [0.4, 0.5) is 26.9 Å². The number of fused-ring (bicyclic) bond motifs is 2. The largest absolute Gasteiger partial charge is 0.444 e. The van der Waals surface area contributed by atoms with Gasteiger partial charge in [0.15, 0.2) is 5.82 Å². The van der Waals surface area contributed by atoms with Crippen LogP contribution in [-0.2, 0) is 11.2 Å². The summed E-state index contributed by atoms with van der Waals surface area (Å²) in [5.41, 5.74) is 3.21. The van der Waals surface area contributed by atoms with E-state index in [0.29, 0.717) is 50.8 Å². The summed E-state index contributed by atoms with van der Waals surface area (Å²) in [6, 6.07) is 3.60. The van der Waals surface area contributed by atoms with E-state index in [9.17, 15) is 9.59 Å². The predicted molar refractivity (Wildman–Crippen MR) is 137 cm³/mol. The molecule has 36 heavy (non-hydrogen) atoms. The van der Waals surface area contributed by atoms with Crippen LogP contribution in [0.1, 0.15) is 37.9 Å². The standard InChI is InChI=1S/C25H32N8O3/c1-16-14-21-28-20(15-33(21)17(2)27-16)29-23(34)32-9-7-18-19(6-8-26-22(18)32)30-10-12-31(13-11-30)24(35)36-25(3,4)5/h6,8,14-15H,7,9-13H2,1-5H3,(H,29,34). The van der Waals surface area contributed by atoms with Gasteiger partial charge in [-0.1, -0.05) is 0 Å². The van der Waals surface area contributed by atoms with E-state index < -0.39 is 5.60 Å². The van der Waals surface area contributed by atoms with Crippen molar-refractivity contribution in [2.24, 2.45) is 0 Å². The van der Waals surface area contributed by atoms with Gasteiger partial charge in [-0.05, 0) is 47.1 Å². The summed E-state index contributed by atoms with van der Waals surface area (Å²) in [6.07, 6.45) is 3.95. The number of aryl methyl sites for hydroxylation is 2. The fourth-order valence-corrected chi connectivity index (χ4v) is 4.74. The third-order valence-electron chi connectivity index (χ3n) is 6.36. The van der Waals surface area contributed by atoms with Crippen LogP contribution in [0.2, 0.25) is 0 Å². The fraction of sp³-hybridized carbons (Fsp3) is 0.480. The van der Waals surface area contributed by atoms with E-state index in [4.69, 9.17) is 4.74 Å². The van der Waals surface area contributed by atoms with Gasteiger partial charge >= 0.3 is 12.1 Å². The molecule has 1 N–H and O–H groups in total. The van der Waals surface area contributed by atoms with Crippen LogP contribution in [-0.4, -0.2) is 74.7 Å². The Labute approximate surface area is 210 Å². The summed E-state index contributed by atoms with van der Waals surface area (Å²) in [7, 11) is 0. The van der Waals surface area contributed by atoms with Crippen molar-refractivity contribution < 1.29 is 14.3 Å². The molecule has 0 spiro atoms. The number of nitrogens with zero attached hydrogens (tertiary/aromatic N) is 7. The number of imidazole rings is 1. The lowest BCUT2D eigenvalue weighted by Gasteiger charge is -2.37. The molecule has 11 nitrogen and oxygen atoms in total. The maximum absolute atomic E-state index is 13.2. The van der Waals surface area contributed by atoms with Crippen LogP contribution < -0.4 is 15.1 Å². The van der Waals surface area contributed by atoms with E-state index in [2.05, 4.69) is 25.2 Å². The van der Waals surface area contributed by atoms with Crippen LogP contribution in [0.5, 0.6) is 0 Å². The van der Waals surface area contributed by atoms with Crippen molar-refractivity contribution in [3.63, 3.8) is 0 Å². The molecule has 11 heteroatoms. The minimum atomic E-state index is -0.512. The van der Waals surface area contributed by atoms with Gasteiger partial charge in [0.1, 0.15) is 22.9 Å². The molecule has 3 aromatic heterocycles. The lowest BCUT2D eigenvalue weighted by Crippen LogP contribution is -2.50. The first kappa shape index (κ1) is 23.8. The van der Waals surface area contributed by atoms with E-state index >= 15 is 0 Å². The number of amides is 3. The molecule has 0 unspecified atom stereocenters. The number of nitrogens with one attached hydrogen (secondary N) is 1. The molecule has 3 amide bonds. The van der Waals surface area contributed by atoms with Crippen molar-refractivity contribution in [1.82, 2.24) is 24.3 Å². The lowest BCUT2D eigenvalue weighted by molar-refractivity contribution is 0.0240. The van der Waals surface area contributed by atoms with Crippen molar-refractivity contribution in [2.75, 3.05) is 47.8 Å². The third kappa shape index (κ3) is 4.65. The van der Waals surface area contributed by atoms with Crippen molar-refractivity contribution in [3.8, 4) is 0 Å². The van der Waals surface area contributed by atoms with Gasteiger partial charge < -0.3 is 14.5 Å². The minimum Gasteiger partial charge on any atom is -0.444 e. The van der Waals surface area contributed by atoms with Crippen LogP contribution >= 0.6 is 0 Å². The van der Waals surface area contributed by atoms with Crippen molar-refractivity contribution in [2.45, 2.75) is 46.6 Å². The molecule has 1 saturated heterocycles. The monoisotopic (exact) mass is 492 g/mol. The number of carbonyl (C=O) groups is 2. The molecular weight excluding hydrogens is 460 g/mol. The van der Waals surface area contributed by atoms with Crippen LogP contribution in [0.3, 0.4) is 0 Å². The highest BCUT2D eigenvalue weighted by atomic mass is 16.6. The average Bonchev–Trinajstić information content (AvgIpc) is 3.42. The molecule has 0 aliphatic carbocycles. The Balaban J connectivity index is 1.28. The second-order valence-corrected chi connectivity index (χ2v) is 10.2. The lowest BCUT2D eigenvalue weighted by atomic mass is 10.1. The Kier molecular flexibility index (Phi) is 5.93. The number of hydrogen-bond donors (Lipinski definition) is 1. The Morgan fingerprint density at radius 2 is 1.81 bits per heavy atom. The average molecular weight is 493 g/mol. The zero-order chi connectivity index (χ0) is 25.6. The van der Waals surface area contributed by atoms with Gasteiger partial charge in [-0.2, -0.15) is 0 Å². The molecule has 0 aromatic carbocycles. The predicted octanol–water partition coefficient (Wildman–Crippen LogP) is 3.39. The highest BCUT2D eigenvalue weighted by Crippen LogP contribution is 2.34. The Morgan fingerprint density at radius 1 is 1.06 bits per heavy atom. The van der Waals surface area contributed by atoms with Crippen LogP contribution in [0.15, 0.2) is 24.5 Å². The highest BCUT2D eigenvalue weighted by Gasteiger charge is 2.32. The quantitative estimate of drug-likeness (QED) is 0.584. The van der Waals surface area contributed by atoms with Crippen molar-refractivity contribution >= 4 is 35.1 Å². The van der Waals surface area contributed by atoms with Gasteiger partial charge in [0.2, 0.25) is 0 Å². The van der Waals surface area contributed by atoms with Gasteiger partial charge in [0, 0.05) is 61.9 Å². The van der Waals surface area contributed by atoms with Crippen molar-refractivity contribution in [1.29, 1.82) is 0 Å². The summed E-state index contributed by atoms with van der Waals surface area (Å²) in [5, 5.41) is 2.91. The molecule has 0 radical (unpaired) electrons. The molecule has 0 saturated carbocycles. The van der Waals surface area contributed by atoms with Gasteiger partial charge in [0.25, 0.3) is 0 Å².